The van der Waals surface area contributed by atoms with Crippen LogP contribution in [0, 0.1) is 5.92 Å². The number of nitrogens with one attached hydrogen (secondary N) is 1. The maximum atomic E-state index is 11.0. The van der Waals surface area contributed by atoms with Crippen LogP contribution in [-0.4, -0.2) is 12.5 Å². The quantitative estimate of drug-likeness (QED) is 0.608. The number of carbonyl (C=O) groups is 1. The van der Waals surface area contributed by atoms with Gasteiger partial charge in [0.15, 0.2) is 0 Å². The highest BCUT2D eigenvalue weighted by atomic mass is 16.7. The third-order valence-corrected chi connectivity index (χ3v) is 1.50. The molecule has 0 rings (SSSR count). The van der Waals surface area contributed by atoms with Crippen molar-refractivity contribution in [1.82, 2.24) is 5.48 Å². The van der Waals surface area contributed by atoms with Gasteiger partial charge in [0, 0.05) is 12.2 Å². The van der Waals surface area contributed by atoms with Crippen molar-refractivity contribution in [1.29, 1.82) is 0 Å². The summed E-state index contributed by atoms with van der Waals surface area (Å²) >= 11 is 0. The minimum atomic E-state index is -0.335. The van der Waals surface area contributed by atoms with Gasteiger partial charge >= 0.3 is 5.97 Å². The van der Waals surface area contributed by atoms with E-state index in [-0.39, 0.29) is 11.9 Å². The Morgan fingerprint density at radius 1 is 1.75 bits per heavy atom. The van der Waals surface area contributed by atoms with Crippen LogP contribution >= 0.6 is 0 Å². The van der Waals surface area contributed by atoms with Gasteiger partial charge in [-0.25, -0.2) is 10.3 Å². The van der Waals surface area contributed by atoms with Gasteiger partial charge in [-0.15, -0.1) is 0 Å². The Labute approximate surface area is 72.7 Å². The molecule has 4 heteroatoms. The molecule has 0 bridgehead atoms. The fourth-order valence-corrected chi connectivity index (χ4v) is 0.387. The lowest BCUT2D eigenvalue weighted by Crippen LogP contribution is -2.27. The Bertz CT molecular complexity index is 178. The van der Waals surface area contributed by atoms with Crippen molar-refractivity contribution in [3.63, 3.8) is 0 Å². The van der Waals surface area contributed by atoms with Crippen molar-refractivity contribution < 1.29 is 9.63 Å². The monoisotopic (exact) mass is 172 g/mol. The molecule has 1 atom stereocenters. The molecule has 0 heterocycles. The molecule has 0 radical (unpaired) electrons. The lowest BCUT2D eigenvalue weighted by molar-refractivity contribution is -0.153. The summed E-state index contributed by atoms with van der Waals surface area (Å²) < 4.78 is 0. The molecular weight excluding hydrogens is 156 g/mol. The molecule has 4 nitrogen and oxygen atoms in total. The number of rotatable bonds is 4. The van der Waals surface area contributed by atoms with Crippen molar-refractivity contribution in [3.8, 4) is 0 Å². The van der Waals surface area contributed by atoms with E-state index in [4.69, 9.17) is 10.6 Å². The molecule has 0 aromatic carbocycles. The van der Waals surface area contributed by atoms with Crippen LogP contribution < -0.4 is 11.2 Å². The summed E-state index contributed by atoms with van der Waals surface area (Å²) in [5.74, 6) is -0.596. The van der Waals surface area contributed by atoms with Crippen molar-refractivity contribution in [2.24, 2.45) is 11.7 Å². The van der Waals surface area contributed by atoms with Gasteiger partial charge in [0.05, 0.1) is 5.92 Å². The smallest absolute Gasteiger partial charge is 0.336 e. The molecule has 12 heavy (non-hydrogen) atoms. The first-order chi connectivity index (χ1) is 5.61. The van der Waals surface area contributed by atoms with Crippen LogP contribution in [0.4, 0.5) is 0 Å². The zero-order valence-electron chi connectivity index (χ0n) is 7.76. The summed E-state index contributed by atoms with van der Waals surface area (Å²) in [5, 5.41) is 0. The summed E-state index contributed by atoms with van der Waals surface area (Å²) in [4.78, 5) is 15.7. The molecule has 0 amide bonds. The average molecular weight is 172 g/mol. The van der Waals surface area contributed by atoms with Crippen LogP contribution in [0.25, 0.3) is 0 Å². The lowest BCUT2D eigenvalue weighted by Gasteiger charge is -2.09. The maximum Gasteiger partial charge on any atom is 0.336 e. The number of nitrogens with two attached hydrogens (primary N) is 1. The standard InChI is InChI=1S/C8H16N2O2/c1-4-7(3)10-12-8(11)6(2)5-9/h4,6,10H,5,9H2,1-3H3/b7-4+/t6-/m0/s1. The zero-order chi connectivity index (χ0) is 9.56. The molecule has 0 spiro atoms. The molecule has 0 aromatic rings. The summed E-state index contributed by atoms with van der Waals surface area (Å²) in [6.07, 6.45) is 1.81. The van der Waals surface area contributed by atoms with Gasteiger partial charge in [0.2, 0.25) is 0 Å². The van der Waals surface area contributed by atoms with Gasteiger partial charge < -0.3 is 10.6 Å². The van der Waals surface area contributed by atoms with Crippen LogP contribution in [0.3, 0.4) is 0 Å². The number of hydrogen-bond donors (Lipinski definition) is 2. The highest BCUT2D eigenvalue weighted by Gasteiger charge is 2.11. The number of hydroxylamine groups is 1. The Hall–Kier alpha value is -1.03. The maximum absolute atomic E-state index is 11.0. The minimum absolute atomic E-state index is 0.262. The first kappa shape index (κ1) is 11.0. The number of carbonyl (C=O) groups excluding carboxylic acids is 1. The third kappa shape index (κ3) is 3.98. The number of allylic oxidation sites excluding steroid dienone is 2. The molecule has 0 fully saturated rings. The molecule has 0 aliphatic heterocycles. The van der Waals surface area contributed by atoms with E-state index in [0.29, 0.717) is 6.54 Å². The predicted octanol–water partition coefficient (Wildman–Crippen LogP) is 0.553. The van der Waals surface area contributed by atoms with Gasteiger partial charge in [-0.1, -0.05) is 13.0 Å². The molecule has 0 saturated carbocycles. The lowest BCUT2D eigenvalue weighted by atomic mass is 10.2. The van der Waals surface area contributed by atoms with Crippen molar-refractivity contribution >= 4 is 5.97 Å². The highest BCUT2D eigenvalue weighted by molar-refractivity contribution is 5.71. The molecule has 0 unspecified atom stereocenters. The Kier molecular flexibility index (Phi) is 5.12. The molecule has 70 valence electrons. The van der Waals surface area contributed by atoms with Crippen molar-refractivity contribution in [2.45, 2.75) is 20.8 Å². The predicted molar refractivity (Wildman–Crippen MR) is 46.9 cm³/mol. The summed E-state index contributed by atoms with van der Waals surface area (Å²) in [5.41, 5.74) is 8.57. The molecule has 3 N–H and O–H groups in total. The van der Waals surface area contributed by atoms with Crippen LogP contribution in [0.5, 0.6) is 0 Å². The average Bonchev–Trinajstić information content (AvgIpc) is 2.11. The largest absolute Gasteiger partial charge is 0.343 e. The molecule has 0 aliphatic rings. The number of hydrogen-bond acceptors (Lipinski definition) is 4. The van der Waals surface area contributed by atoms with E-state index in [1.807, 2.05) is 6.92 Å². The summed E-state index contributed by atoms with van der Waals surface area (Å²) in [7, 11) is 0. The SMILES string of the molecule is C/C=C(\C)NOC(=O)[C@@H](C)CN. The van der Waals surface area contributed by atoms with Gasteiger partial charge in [0.1, 0.15) is 0 Å². The van der Waals surface area contributed by atoms with Crippen LogP contribution in [0.15, 0.2) is 11.8 Å². The molecule has 0 aromatic heterocycles. The first-order valence-corrected chi connectivity index (χ1v) is 3.91. The van der Waals surface area contributed by atoms with Crippen LogP contribution in [0.2, 0.25) is 0 Å². The van der Waals surface area contributed by atoms with E-state index in [2.05, 4.69) is 5.48 Å². The first-order valence-electron chi connectivity index (χ1n) is 3.91. The Morgan fingerprint density at radius 2 is 2.33 bits per heavy atom. The fraction of sp³-hybridized carbons (Fsp3) is 0.625. The zero-order valence-corrected chi connectivity index (χ0v) is 7.76. The van der Waals surface area contributed by atoms with Gasteiger partial charge in [-0.3, -0.25) is 0 Å². The second-order valence-electron chi connectivity index (χ2n) is 2.63. The highest BCUT2D eigenvalue weighted by Crippen LogP contribution is 1.94. The third-order valence-electron chi connectivity index (χ3n) is 1.50. The topological polar surface area (TPSA) is 64.3 Å². The molecule has 0 saturated heterocycles. The van der Waals surface area contributed by atoms with E-state index in [0.717, 1.165) is 5.70 Å². The van der Waals surface area contributed by atoms with E-state index in [1.54, 1.807) is 19.9 Å². The molecule has 0 aliphatic carbocycles. The van der Waals surface area contributed by atoms with Crippen molar-refractivity contribution in [2.75, 3.05) is 6.54 Å². The summed E-state index contributed by atoms with van der Waals surface area (Å²) in [6.45, 7) is 5.67. The van der Waals surface area contributed by atoms with Crippen molar-refractivity contribution in [3.05, 3.63) is 11.8 Å². The fourth-order valence-electron chi connectivity index (χ4n) is 0.387. The van der Waals surface area contributed by atoms with E-state index >= 15 is 0 Å². The van der Waals surface area contributed by atoms with Gasteiger partial charge in [-0.05, 0) is 13.8 Å². The Morgan fingerprint density at radius 3 is 2.75 bits per heavy atom. The normalized spacial score (nSPS) is 13.8. The van der Waals surface area contributed by atoms with Gasteiger partial charge in [-0.2, -0.15) is 0 Å². The second kappa shape index (κ2) is 5.60. The van der Waals surface area contributed by atoms with Gasteiger partial charge in [0.25, 0.3) is 0 Å². The van der Waals surface area contributed by atoms with Crippen LogP contribution in [-0.2, 0) is 9.63 Å². The van der Waals surface area contributed by atoms with E-state index < -0.39 is 0 Å². The van der Waals surface area contributed by atoms with Crippen LogP contribution in [0.1, 0.15) is 20.8 Å². The summed E-state index contributed by atoms with van der Waals surface area (Å²) in [6, 6.07) is 0. The van der Waals surface area contributed by atoms with E-state index in [1.165, 1.54) is 0 Å². The minimum Gasteiger partial charge on any atom is -0.343 e. The van der Waals surface area contributed by atoms with E-state index in [9.17, 15) is 4.79 Å². The Balaban J connectivity index is 3.72. The second-order valence-corrected chi connectivity index (χ2v) is 2.63. The molecular formula is C8H16N2O2.